The number of nitrogen functional groups attached to an aromatic ring is 1. The van der Waals surface area contributed by atoms with E-state index in [2.05, 4.69) is 5.32 Å². The van der Waals surface area contributed by atoms with Gasteiger partial charge in [-0.15, -0.1) is 0 Å². The Bertz CT molecular complexity index is 969. The molecule has 0 radical (unpaired) electrons. The summed E-state index contributed by atoms with van der Waals surface area (Å²) >= 11 is 0. The summed E-state index contributed by atoms with van der Waals surface area (Å²) in [6.07, 6.45) is 2.57. The molecule has 2 amide bonds. The molecule has 0 aromatic heterocycles. The number of hydrogen-bond donors (Lipinski definition) is 2. The number of halogens is 2. The number of ketones is 1. The second kappa shape index (κ2) is 7.46. The van der Waals surface area contributed by atoms with E-state index in [1.54, 1.807) is 17.0 Å². The normalized spacial score (nSPS) is 17.9. The molecule has 152 valence electrons. The number of rotatable bonds is 2. The summed E-state index contributed by atoms with van der Waals surface area (Å²) in [5.74, 6) is -0.818. The van der Waals surface area contributed by atoms with Crippen molar-refractivity contribution in [2.24, 2.45) is 5.41 Å². The van der Waals surface area contributed by atoms with Crippen LogP contribution in [0, 0.1) is 17.0 Å². The van der Waals surface area contributed by atoms with Gasteiger partial charge in [0.2, 0.25) is 0 Å². The van der Waals surface area contributed by atoms with Crippen molar-refractivity contribution >= 4 is 17.5 Å². The van der Waals surface area contributed by atoms with Crippen molar-refractivity contribution in [3.05, 3.63) is 64.7 Å². The van der Waals surface area contributed by atoms with Crippen LogP contribution in [0.15, 0.2) is 36.4 Å². The summed E-state index contributed by atoms with van der Waals surface area (Å²) in [6, 6.07) is 8.33. The standard InChI is InChI=1S/C22H23F2N3O2/c23-16-3-1-14-11-22(12-20(28)18(14)9-16)5-7-27(8-6-22)21(29)26-13-15-2-4-17(24)10-19(15)25/h1-4,9-10H,5-8,11-13,25H2,(H,26,29). The summed E-state index contributed by atoms with van der Waals surface area (Å²) < 4.78 is 26.6. The Morgan fingerprint density at radius 2 is 1.76 bits per heavy atom. The molecule has 2 aromatic rings. The molecule has 1 aliphatic carbocycles. The second-order valence-corrected chi connectivity index (χ2v) is 8.07. The highest BCUT2D eigenvalue weighted by molar-refractivity contribution is 5.99. The molecule has 1 saturated heterocycles. The molecule has 0 unspecified atom stereocenters. The number of nitrogens with zero attached hydrogens (tertiary/aromatic N) is 1. The molecule has 1 aliphatic heterocycles. The number of urea groups is 1. The zero-order chi connectivity index (χ0) is 20.6. The molecular formula is C22H23F2N3O2. The van der Waals surface area contributed by atoms with Crippen molar-refractivity contribution < 1.29 is 18.4 Å². The highest BCUT2D eigenvalue weighted by Crippen LogP contribution is 2.43. The Hall–Kier alpha value is -2.96. The van der Waals surface area contributed by atoms with E-state index < -0.39 is 5.82 Å². The largest absolute Gasteiger partial charge is 0.398 e. The van der Waals surface area contributed by atoms with Gasteiger partial charge in [-0.3, -0.25) is 4.79 Å². The molecule has 0 bridgehead atoms. The fraction of sp³-hybridized carbons (Fsp3) is 0.364. The maximum atomic E-state index is 13.5. The van der Waals surface area contributed by atoms with E-state index in [9.17, 15) is 18.4 Å². The van der Waals surface area contributed by atoms with Crippen LogP contribution in [0.1, 0.15) is 40.7 Å². The van der Waals surface area contributed by atoms with E-state index in [4.69, 9.17) is 5.73 Å². The number of likely N-dealkylation sites (tertiary alicyclic amines) is 1. The number of anilines is 1. The van der Waals surface area contributed by atoms with Gasteiger partial charge in [0.25, 0.3) is 0 Å². The summed E-state index contributed by atoms with van der Waals surface area (Å²) in [4.78, 5) is 26.8. The fourth-order valence-corrected chi connectivity index (χ4v) is 4.41. The number of amides is 2. The third-order valence-corrected chi connectivity index (χ3v) is 6.12. The lowest BCUT2D eigenvalue weighted by Gasteiger charge is -2.44. The lowest BCUT2D eigenvalue weighted by atomic mass is 9.66. The molecule has 0 saturated carbocycles. The first-order chi connectivity index (χ1) is 13.8. The number of carbonyl (C=O) groups is 2. The van der Waals surface area contributed by atoms with Crippen LogP contribution in [0.4, 0.5) is 19.3 Å². The Balaban J connectivity index is 1.36. The minimum atomic E-state index is -0.412. The molecule has 0 atom stereocenters. The maximum absolute atomic E-state index is 13.5. The number of benzene rings is 2. The summed E-state index contributed by atoms with van der Waals surface area (Å²) in [6.45, 7) is 1.33. The SMILES string of the molecule is Nc1cc(F)ccc1CNC(=O)N1CCC2(CC1)CC(=O)c1cc(F)ccc1C2. The lowest BCUT2D eigenvalue weighted by molar-refractivity contribution is 0.0735. The van der Waals surface area contributed by atoms with Crippen molar-refractivity contribution in [3.63, 3.8) is 0 Å². The molecular weight excluding hydrogens is 376 g/mol. The van der Waals surface area contributed by atoms with Gasteiger partial charge in [0.1, 0.15) is 11.6 Å². The molecule has 3 N–H and O–H groups in total. The minimum absolute atomic E-state index is 0.0181. The molecule has 1 spiro atoms. The van der Waals surface area contributed by atoms with E-state index in [1.807, 2.05) is 0 Å². The summed E-state index contributed by atoms with van der Waals surface area (Å²) in [5.41, 5.74) is 7.97. The number of hydrogen-bond acceptors (Lipinski definition) is 3. The highest BCUT2D eigenvalue weighted by Gasteiger charge is 2.41. The molecule has 2 aromatic carbocycles. The third-order valence-electron chi connectivity index (χ3n) is 6.12. The predicted octanol–water partition coefficient (Wildman–Crippen LogP) is 3.67. The van der Waals surface area contributed by atoms with Gasteiger partial charge in [-0.2, -0.15) is 0 Å². The Morgan fingerprint density at radius 1 is 1.07 bits per heavy atom. The van der Waals surface area contributed by atoms with Gasteiger partial charge in [-0.1, -0.05) is 12.1 Å². The highest BCUT2D eigenvalue weighted by atomic mass is 19.1. The van der Waals surface area contributed by atoms with Gasteiger partial charge in [0, 0.05) is 37.3 Å². The first kappa shape index (κ1) is 19.4. The topological polar surface area (TPSA) is 75.4 Å². The monoisotopic (exact) mass is 399 g/mol. The lowest BCUT2D eigenvalue weighted by Crippen LogP contribution is -2.49. The van der Waals surface area contributed by atoms with E-state index in [-0.39, 0.29) is 29.6 Å². The molecule has 5 nitrogen and oxygen atoms in total. The number of Topliss-reactive ketones (excluding diaryl/α,β-unsaturated/α-hetero) is 1. The summed E-state index contributed by atoms with van der Waals surface area (Å²) in [7, 11) is 0. The quantitative estimate of drug-likeness (QED) is 0.757. The second-order valence-electron chi connectivity index (χ2n) is 8.07. The average molecular weight is 399 g/mol. The number of nitrogens with two attached hydrogens (primary N) is 1. The van der Waals surface area contributed by atoms with Gasteiger partial charge in [-0.25, -0.2) is 13.6 Å². The van der Waals surface area contributed by atoms with Crippen LogP contribution in [0.25, 0.3) is 0 Å². The smallest absolute Gasteiger partial charge is 0.317 e. The van der Waals surface area contributed by atoms with Crippen molar-refractivity contribution in [2.45, 2.75) is 32.2 Å². The van der Waals surface area contributed by atoms with Crippen LogP contribution < -0.4 is 11.1 Å². The number of nitrogens with one attached hydrogen (secondary N) is 1. The average Bonchev–Trinajstić information content (AvgIpc) is 2.68. The van der Waals surface area contributed by atoms with Crippen molar-refractivity contribution in [1.82, 2.24) is 10.2 Å². The summed E-state index contributed by atoms with van der Waals surface area (Å²) in [5, 5.41) is 2.83. The van der Waals surface area contributed by atoms with E-state index in [0.29, 0.717) is 36.3 Å². The Kier molecular flexibility index (Phi) is 4.98. The van der Waals surface area contributed by atoms with Crippen LogP contribution in [-0.4, -0.2) is 29.8 Å². The maximum Gasteiger partial charge on any atom is 0.317 e. The molecule has 7 heteroatoms. The van der Waals surface area contributed by atoms with Crippen molar-refractivity contribution in [3.8, 4) is 0 Å². The number of piperidine rings is 1. The van der Waals surface area contributed by atoms with Crippen LogP contribution in [-0.2, 0) is 13.0 Å². The van der Waals surface area contributed by atoms with Crippen LogP contribution in [0.3, 0.4) is 0 Å². The molecule has 2 aliphatic rings. The predicted molar refractivity (Wildman–Crippen MR) is 105 cm³/mol. The first-order valence-electron chi connectivity index (χ1n) is 9.74. The van der Waals surface area contributed by atoms with E-state index in [0.717, 1.165) is 24.8 Å². The first-order valence-corrected chi connectivity index (χ1v) is 9.74. The van der Waals surface area contributed by atoms with Gasteiger partial charge >= 0.3 is 6.03 Å². The van der Waals surface area contributed by atoms with Gasteiger partial charge in [-0.05, 0) is 60.1 Å². The minimum Gasteiger partial charge on any atom is -0.398 e. The third kappa shape index (κ3) is 3.95. The van der Waals surface area contributed by atoms with E-state index in [1.165, 1.54) is 24.3 Å². The molecule has 4 rings (SSSR count). The zero-order valence-corrected chi connectivity index (χ0v) is 16.0. The van der Waals surface area contributed by atoms with Crippen LogP contribution >= 0.6 is 0 Å². The Morgan fingerprint density at radius 3 is 2.48 bits per heavy atom. The van der Waals surface area contributed by atoms with Gasteiger partial charge in [0.15, 0.2) is 5.78 Å². The van der Waals surface area contributed by atoms with Gasteiger partial charge in [0.05, 0.1) is 0 Å². The molecule has 1 heterocycles. The number of carbonyl (C=O) groups excluding carboxylic acids is 2. The van der Waals surface area contributed by atoms with Crippen molar-refractivity contribution in [2.75, 3.05) is 18.8 Å². The number of fused-ring (bicyclic) bond motifs is 1. The molecule has 1 fully saturated rings. The van der Waals surface area contributed by atoms with Crippen molar-refractivity contribution in [1.29, 1.82) is 0 Å². The molecule has 29 heavy (non-hydrogen) atoms. The fourth-order valence-electron chi connectivity index (χ4n) is 4.41. The van der Waals surface area contributed by atoms with Gasteiger partial charge < -0.3 is 16.0 Å². The van der Waals surface area contributed by atoms with Crippen LogP contribution in [0.2, 0.25) is 0 Å². The zero-order valence-electron chi connectivity index (χ0n) is 16.0. The van der Waals surface area contributed by atoms with Crippen LogP contribution in [0.5, 0.6) is 0 Å². The Labute approximate surface area is 167 Å². The van der Waals surface area contributed by atoms with E-state index >= 15 is 0 Å².